The van der Waals surface area contributed by atoms with Gasteiger partial charge >= 0.3 is 0 Å². The number of carbonyl (C=O) groups is 2. The summed E-state index contributed by atoms with van der Waals surface area (Å²) >= 11 is 0. The number of rotatable bonds is 2. The summed E-state index contributed by atoms with van der Waals surface area (Å²) in [6.45, 7) is 4.12. The zero-order valence-electron chi connectivity index (χ0n) is 14.7. The van der Waals surface area contributed by atoms with Crippen LogP contribution in [0, 0.1) is 13.8 Å². The Kier molecular flexibility index (Phi) is 3.84. The highest BCUT2D eigenvalue weighted by Gasteiger charge is 2.27. The summed E-state index contributed by atoms with van der Waals surface area (Å²) in [5.41, 5.74) is 5.23. The van der Waals surface area contributed by atoms with E-state index in [-0.39, 0.29) is 18.4 Å². The Morgan fingerprint density at radius 1 is 0.923 bits per heavy atom. The van der Waals surface area contributed by atoms with Crippen LogP contribution < -0.4 is 10.2 Å². The second-order valence-corrected chi connectivity index (χ2v) is 6.46. The van der Waals surface area contributed by atoms with E-state index in [2.05, 4.69) is 35.9 Å². The van der Waals surface area contributed by atoms with Crippen LogP contribution in [0.15, 0.2) is 60.7 Å². The summed E-state index contributed by atoms with van der Waals surface area (Å²) in [6.07, 6.45) is 0. The summed E-state index contributed by atoms with van der Waals surface area (Å²) in [4.78, 5) is 26.5. The highest BCUT2D eigenvalue weighted by molar-refractivity contribution is 6.15. The number of benzene rings is 2. The Labute approximate surface area is 151 Å². The maximum atomic E-state index is 13.0. The minimum absolute atomic E-state index is 0.0212. The molecule has 0 fully saturated rings. The predicted octanol–water partition coefficient (Wildman–Crippen LogP) is 3.69. The molecule has 1 aromatic heterocycles. The maximum Gasteiger partial charge on any atom is 0.258 e. The Bertz CT molecular complexity index is 983. The van der Waals surface area contributed by atoms with Gasteiger partial charge in [0.15, 0.2) is 0 Å². The molecule has 2 aromatic carbocycles. The van der Waals surface area contributed by atoms with E-state index in [0.29, 0.717) is 11.3 Å². The first-order valence-corrected chi connectivity index (χ1v) is 8.51. The zero-order chi connectivity index (χ0) is 18.3. The van der Waals surface area contributed by atoms with Crippen molar-refractivity contribution in [3.8, 4) is 5.69 Å². The van der Waals surface area contributed by atoms with Crippen molar-refractivity contribution in [2.24, 2.45) is 0 Å². The lowest BCUT2D eigenvalue weighted by Gasteiger charge is -2.29. The first-order valence-electron chi connectivity index (χ1n) is 8.51. The largest absolute Gasteiger partial charge is 0.323 e. The van der Waals surface area contributed by atoms with Gasteiger partial charge in [-0.15, -0.1) is 0 Å². The van der Waals surface area contributed by atoms with E-state index in [1.807, 2.05) is 42.5 Å². The summed E-state index contributed by atoms with van der Waals surface area (Å²) in [5.74, 6) is -0.368. The van der Waals surface area contributed by atoms with E-state index < -0.39 is 0 Å². The Hall–Kier alpha value is -3.34. The predicted molar refractivity (Wildman–Crippen MR) is 102 cm³/mol. The van der Waals surface area contributed by atoms with Gasteiger partial charge in [0.2, 0.25) is 5.91 Å². The highest BCUT2D eigenvalue weighted by atomic mass is 16.2. The SMILES string of the molecule is Cc1ccc(C)n1-c1ccc(C(=O)N2CC(=O)Nc3ccccc32)cc1. The molecular weight excluding hydrogens is 326 g/mol. The van der Waals surface area contributed by atoms with Crippen LogP contribution in [0.5, 0.6) is 0 Å². The molecule has 0 unspecified atom stereocenters. The van der Waals surface area contributed by atoms with Gasteiger partial charge in [0.1, 0.15) is 6.54 Å². The molecule has 0 atom stereocenters. The fourth-order valence-corrected chi connectivity index (χ4v) is 3.40. The third-order valence-electron chi connectivity index (χ3n) is 4.66. The van der Waals surface area contributed by atoms with Crippen LogP contribution in [0.25, 0.3) is 5.69 Å². The van der Waals surface area contributed by atoms with E-state index in [4.69, 9.17) is 0 Å². The van der Waals surface area contributed by atoms with Crippen molar-refractivity contribution in [2.45, 2.75) is 13.8 Å². The van der Waals surface area contributed by atoms with E-state index >= 15 is 0 Å². The topological polar surface area (TPSA) is 54.3 Å². The first-order chi connectivity index (χ1) is 12.5. The summed E-state index contributed by atoms with van der Waals surface area (Å²) in [7, 11) is 0. The van der Waals surface area contributed by atoms with Crippen LogP contribution in [0.3, 0.4) is 0 Å². The molecule has 5 nitrogen and oxygen atoms in total. The van der Waals surface area contributed by atoms with Crippen LogP contribution in [-0.4, -0.2) is 22.9 Å². The second-order valence-electron chi connectivity index (χ2n) is 6.46. The van der Waals surface area contributed by atoms with Crippen molar-refractivity contribution < 1.29 is 9.59 Å². The number of nitrogens with zero attached hydrogens (tertiary/aromatic N) is 2. The molecule has 0 radical (unpaired) electrons. The van der Waals surface area contributed by atoms with Crippen LogP contribution >= 0.6 is 0 Å². The van der Waals surface area contributed by atoms with Crippen molar-refractivity contribution >= 4 is 23.2 Å². The number of para-hydroxylation sites is 2. The van der Waals surface area contributed by atoms with E-state index in [1.165, 1.54) is 4.90 Å². The van der Waals surface area contributed by atoms with Gasteiger partial charge in [-0.25, -0.2) is 0 Å². The molecular formula is C21H19N3O2. The molecule has 3 aromatic rings. The molecule has 2 heterocycles. The average molecular weight is 345 g/mol. The van der Waals surface area contributed by atoms with Gasteiger partial charge in [-0.3, -0.25) is 14.5 Å². The fraction of sp³-hybridized carbons (Fsp3) is 0.143. The second kappa shape index (κ2) is 6.19. The number of aromatic nitrogens is 1. The van der Waals surface area contributed by atoms with Gasteiger partial charge in [-0.2, -0.15) is 0 Å². The lowest BCUT2D eigenvalue weighted by Crippen LogP contribution is -2.42. The van der Waals surface area contributed by atoms with Gasteiger partial charge in [0, 0.05) is 22.6 Å². The standard InChI is InChI=1S/C21H19N3O2/c1-14-7-8-15(2)24(14)17-11-9-16(10-12-17)21(26)23-13-20(25)22-18-5-3-4-6-19(18)23/h3-12H,13H2,1-2H3,(H,22,25). The third-order valence-corrected chi connectivity index (χ3v) is 4.66. The van der Waals surface area contributed by atoms with Crippen LogP contribution in [-0.2, 0) is 4.79 Å². The number of carbonyl (C=O) groups excluding carboxylic acids is 2. The summed E-state index contributed by atoms with van der Waals surface area (Å²) in [5, 5.41) is 2.80. The lowest BCUT2D eigenvalue weighted by atomic mass is 10.1. The van der Waals surface area contributed by atoms with Gasteiger partial charge in [-0.1, -0.05) is 12.1 Å². The molecule has 0 aliphatic carbocycles. The molecule has 1 aliphatic rings. The molecule has 2 amide bonds. The van der Waals surface area contributed by atoms with Crippen molar-refractivity contribution in [2.75, 3.05) is 16.8 Å². The fourth-order valence-electron chi connectivity index (χ4n) is 3.40. The number of anilines is 2. The zero-order valence-corrected chi connectivity index (χ0v) is 14.7. The molecule has 4 rings (SSSR count). The molecule has 26 heavy (non-hydrogen) atoms. The molecule has 1 N–H and O–H groups in total. The van der Waals surface area contributed by atoms with Gasteiger partial charge < -0.3 is 9.88 Å². The maximum absolute atomic E-state index is 13.0. The van der Waals surface area contributed by atoms with Gasteiger partial charge in [0.05, 0.1) is 11.4 Å². The molecule has 0 saturated carbocycles. The van der Waals surface area contributed by atoms with Crippen molar-refractivity contribution in [3.63, 3.8) is 0 Å². The average Bonchev–Trinajstić information content (AvgIpc) is 2.99. The Balaban J connectivity index is 1.66. The molecule has 0 bridgehead atoms. The van der Waals surface area contributed by atoms with Crippen molar-refractivity contribution in [3.05, 3.63) is 77.6 Å². The number of hydrogen-bond acceptors (Lipinski definition) is 2. The monoisotopic (exact) mass is 345 g/mol. The molecule has 0 saturated heterocycles. The van der Waals surface area contributed by atoms with Gasteiger partial charge in [-0.05, 0) is 62.4 Å². The van der Waals surface area contributed by atoms with E-state index in [1.54, 1.807) is 6.07 Å². The lowest BCUT2D eigenvalue weighted by molar-refractivity contribution is -0.115. The minimum atomic E-state index is -0.188. The molecule has 130 valence electrons. The summed E-state index contributed by atoms with van der Waals surface area (Å²) < 4.78 is 2.14. The number of aryl methyl sites for hydroxylation is 2. The van der Waals surface area contributed by atoms with Crippen LogP contribution in [0.1, 0.15) is 21.7 Å². The first kappa shape index (κ1) is 16.1. The minimum Gasteiger partial charge on any atom is -0.323 e. The van der Waals surface area contributed by atoms with Crippen molar-refractivity contribution in [1.29, 1.82) is 0 Å². The third kappa shape index (κ3) is 2.67. The summed E-state index contributed by atoms with van der Waals surface area (Å²) in [6, 6.07) is 19.0. The normalized spacial score (nSPS) is 13.3. The van der Waals surface area contributed by atoms with Gasteiger partial charge in [0.25, 0.3) is 5.91 Å². The quantitative estimate of drug-likeness (QED) is 0.770. The van der Waals surface area contributed by atoms with E-state index in [9.17, 15) is 9.59 Å². The smallest absolute Gasteiger partial charge is 0.258 e. The Morgan fingerprint density at radius 2 is 1.58 bits per heavy atom. The van der Waals surface area contributed by atoms with Crippen LogP contribution in [0.2, 0.25) is 0 Å². The number of fused-ring (bicyclic) bond motifs is 1. The number of amides is 2. The molecule has 0 spiro atoms. The number of nitrogens with one attached hydrogen (secondary N) is 1. The molecule has 1 aliphatic heterocycles. The van der Waals surface area contributed by atoms with E-state index in [0.717, 1.165) is 22.8 Å². The highest BCUT2D eigenvalue weighted by Crippen LogP contribution is 2.30. The number of hydrogen-bond donors (Lipinski definition) is 1. The van der Waals surface area contributed by atoms with Crippen LogP contribution in [0.4, 0.5) is 11.4 Å². The molecule has 5 heteroatoms. The van der Waals surface area contributed by atoms with Crippen molar-refractivity contribution in [1.82, 2.24) is 4.57 Å². The Morgan fingerprint density at radius 3 is 2.27 bits per heavy atom.